The summed E-state index contributed by atoms with van der Waals surface area (Å²) < 4.78 is 2.54. The fourth-order valence-electron chi connectivity index (χ4n) is 10.5. The second-order valence-electron chi connectivity index (χ2n) is 17.3. The lowest BCUT2D eigenvalue weighted by atomic mass is 9.70. The minimum Gasteiger partial charge on any atom is -0.309 e. The molecule has 0 fully saturated rings. The number of aromatic nitrogens is 1. The van der Waals surface area contributed by atoms with Gasteiger partial charge in [0.2, 0.25) is 0 Å². The second kappa shape index (κ2) is 15.4. The van der Waals surface area contributed by atoms with Crippen molar-refractivity contribution in [2.24, 2.45) is 0 Å². The van der Waals surface area contributed by atoms with Crippen molar-refractivity contribution in [1.29, 1.82) is 0 Å². The van der Waals surface area contributed by atoms with E-state index in [1.165, 1.54) is 99.8 Å². The van der Waals surface area contributed by atoms with Gasteiger partial charge in [-0.05, 0) is 122 Å². The van der Waals surface area contributed by atoms with E-state index in [-0.39, 0.29) is 11.3 Å². The van der Waals surface area contributed by atoms with Crippen LogP contribution in [-0.4, -0.2) is 4.57 Å². The highest BCUT2D eigenvalue weighted by molar-refractivity contribution is 6.13. The summed E-state index contributed by atoms with van der Waals surface area (Å²) in [5, 5.41) is 2.61. The summed E-state index contributed by atoms with van der Waals surface area (Å²) in [7, 11) is 0. The van der Waals surface area contributed by atoms with Gasteiger partial charge in [0.1, 0.15) is 0 Å². The Morgan fingerprint density at radius 1 is 0.557 bits per heavy atom. The topological polar surface area (TPSA) is 4.93 Å². The van der Waals surface area contributed by atoms with E-state index in [0.717, 1.165) is 0 Å². The first-order valence-electron chi connectivity index (χ1n) is 22.2. The Kier molecular flexibility index (Phi) is 9.72. The summed E-state index contributed by atoms with van der Waals surface area (Å²) in [5.74, 6) is 0.907. The zero-order valence-corrected chi connectivity index (χ0v) is 36.2. The van der Waals surface area contributed by atoms with Crippen LogP contribution in [-0.2, 0) is 5.41 Å². The smallest absolute Gasteiger partial charge is 0.0544 e. The fourth-order valence-corrected chi connectivity index (χ4v) is 10.5. The van der Waals surface area contributed by atoms with Crippen LogP contribution in [0.3, 0.4) is 0 Å². The number of fused-ring (bicyclic) bond motifs is 12. The molecule has 0 radical (unpaired) electrons. The average molecular weight is 788 g/mol. The highest BCUT2D eigenvalue weighted by atomic mass is 15.0. The average Bonchev–Trinajstić information content (AvgIpc) is 3.75. The molecule has 1 heteroatoms. The minimum atomic E-state index is -0.0974. The van der Waals surface area contributed by atoms with Crippen molar-refractivity contribution >= 4 is 33.0 Å². The van der Waals surface area contributed by atoms with E-state index < -0.39 is 0 Å². The Hall–Kier alpha value is -6.70. The first-order valence-corrected chi connectivity index (χ1v) is 22.2. The number of hydrogen-bond acceptors (Lipinski definition) is 0. The number of allylic oxidation sites excluding steroid dienone is 8. The minimum absolute atomic E-state index is 0.0974. The van der Waals surface area contributed by atoms with Gasteiger partial charge < -0.3 is 4.57 Å². The van der Waals surface area contributed by atoms with Crippen LogP contribution >= 0.6 is 0 Å². The molecule has 0 saturated heterocycles. The molecule has 3 aliphatic carbocycles. The van der Waals surface area contributed by atoms with E-state index in [1.807, 2.05) is 13.8 Å². The molecule has 3 atom stereocenters. The maximum atomic E-state index is 2.54. The van der Waals surface area contributed by atoms with Gasteiger partial charge in [0.25, 0.3) is 0 Å². The van der Waals surface area contributed by atoms with Crippen LogP contribution in [0, 0.1) is 0 Å². The highest BCUT2D eigenvalue weighted by Gasteiger charge is 2.37. The molecule has 1 heterocycles. The molecule has 0 N–H and O–H groups in total. The lowest BCUT2D eigenvalue weighted by Crippen LogP contribution is -2.16. The van der Waals surface area contributed by atoms with Gasteiger partial charge in [0.15, 0.2) is 0 Å². The molecule has 0 bridgehead atoms. The summed E-state index contributed by atoms with van der Waals surface area (Å²) in [5.41, 5.74) is 20.9. The predicted molar refractivity (Wildman–Crippen MR) is 262 cm³/mol. The van der Waals surface area contributed by atoms with Crippen molar-refractivity contribution in [3.63, 3.8) is 0 Å². The van der Waals surface area contributed by atoms with Gasteiger partial charge >= 0.3 is 0 Å². The maximum Gasteiger partial charge on any atom is 0.0544 e. The molecular weight excluding hydrogens is 735 g/mol. The Balaban J connectivity index is 0.00000220. The summed E-state index contributed by atoms with van der Waals surface area (Å²) in [6, 6.07) is 59.0. The van der Waals surface area contributed by atoms with Crippen LogP contribution < -0.4 is 0 Å². The zero-order valence-electron chi connectivity index (χ0n) is 36.2. The van der Waals surface area contributed by atoms with E-state index in [1.54, 1.807) is 0 Å². The van der Waals surface area contributed by atoms with Crippen LogP contribution in [0.15, 0.2) is 194 Å². The molecule has 11 rings (SSSR count). The Labute approximate surface area is 361 Å². The quantitative estimate of drug-likeness (QED) is 0.148. The SMILES string of the molecule is C/C(=C\C(=C/C(C)c1ccccc1)c1ccccc1)c1ccc(-n2c3cc4c(cc3c3cc5c(cc32)C(C)(C)c2ccccc2-5)-c2ccccc2C2C=CC=CC42)cc1.CC. The van der Waals surface area contributed by atoms with E-state index in [9.17, 15) is 0 Å². The van der Waals surface area contributed by atoms with Crippen molar-refractivity contribution in [3.05, 3.63) is 233 Å². The van der Waals surface area contributed by atoms with Gasteiger partial charge in [-0.2, -0.15) is 0 Å². The predicted octanol–water partition coefficient (Wildman–Crippen LogP) is 16.4. The third kappa shape index (κ3) is 6.38. The lowest BCUT2D eigenvalue weighted by molar-refractivity contribution is 0.661. The van der Waals surface area contributed by atoms with Crippen LogP contribution in [0.1, 0.15) is 98.2 Å². The van der Waals surface area contributed by atoms with Gasteiger partial charge in [-0.15, -0.1) is 0 Å². The lowest BCUT2D eigenvalue weighted by Gasteiger charge is -2.34. The summed E-state index contributed by atoms with van der Waals surface area (Å²) in [4.78, 5) is 0. The zero-order chi connectivity index (χ0) is 41.8. The molecule has 8 aromatic rings. The van der Waals surface area contributed by atoms with E-state index in [2.05, 4.69) is 226 Å². The van der Waals surface area contributed by atoms with Gasteiger partial charge in [0.05, 0.1) is 11.0 Å². The number of nitrogens with zero attached hydrogens (tertiary/aromatic N) is 1. The van der Waals surface area contributed by atoms with E-state index >= 15 is 0 Å². The molecular formula is C60H53N. The standard InChI is InChI=1S/C58H47N.C2H6/c1-37(39-17-7-5-8-18-39)31-42(41-19-9-6-10-20-41)32-38(2)40-27-29-43(30-28-40)59-56-35-50-47-24-14-12-22-45(47)44-21-11-13-23-46(44)49(50)33-52(56)53-34-51-48-25-15-16-26-54(48)58(3,4)55(51)36-57(53)59;1-2/h5-37,45,47H,1-4H3;1-2H3/b38-32+,42-31+;. The first-order chi connectivity index (χ1) is 29.8. The first kappa shape index (κ1) is 38.5. The summed E-state index contributed by atoms with van der Waals surface area (Å²) >= 11 is 0. The Morgan fingerprint density at radius 2 is 1.15 bits per heavy atom. The van der Waals surface area contributed by atoms with Crippen LogP contribution in [0.2, 0.25) is 0 Å². The van der Waals surface area contributed by atoms with Gasteiger partial charge in [0, 0.05) is 33.7 Å². The molecule has 3 unspecified atom stereocenters. The molecule has 61 heavy (non-hydrogen) atoms. The Bertz CT molecular complexity index is 3070. The van der Waals surface area contributed by atoms with Gasteiger partial charge in [-0.3, -0.25) is 0 Å². The van der Waals surface area contributed by atoms with E-state index in [0.29, 0.717) is 11.8 Å². The molecule has 0 saturated carbocycles. The maximum absolute atomic E-state index is 2.54. The van der Waals surface area contributed by atoms with Gasteiger partial charge in [-0.25, -0.2) is 0 Å². The molecule has 298 valence electrons. The van der Waals surface area contributed by atoms with Crippen LogP contribution in [0.25, 0.3) is 60.9 Å². The van der Waals surface area contributed by atoms with E-state index in [4.69, 9.17) is 0 Å². The molecule has 3 aliphatic rings. The normalized spacial score (nSPS) is 17.5. The number of benzene rings is 7. The third-order valence-corrected chi connectivity index (χ3v) is 13.6. The second-order valence-corrected chi connectivity index (χ2v) is 17.3. The van der Waals surface area contributed by atoms with Gasteiger partial charge in [-0.1, -0.05) is 192 Å². The molecule has 7 aromatic carbocycles. The molecule has 0 aliphatic heterocycles. The number of rotatable bonds is 6. The van der Waals surface area contributed by atoms with Crippen LogP contribution in [0.5, 0.6) is 0 Å². The van der Waals surface area contributed by atoms with Crippen molar-refractivity contribution < 1.29 is 0 Å². The van der Waals surface area contributed by atoms with Crippen molar-refractivity contribution in [2.45, 2.75) is 64.7 Å². The monoisotopic (exact) mass is 787 g/mol. The fraction of sp³-hybridized carbons (Fsp3) is 0.167. The number of hydrogen-bond donors (Lipinski definition) is 0. The highest BCUT2D eigenvalue weighted by Crippen LogP contribution is 2.54. The third-order valence-electron chi connectivity index (χ3n) is 13.6. The Morgan fingerprint density at radius 3 is 1.87 bits per heavy atom. The van der Waals surface area contributed by atoms with Crippen molar-refractivity contribution in [3.8, 4) is 27.9 Å². The van der Waals surface area contributed by atoms with Crippen molar-refractivity contribution in [2.75, 3.05) is 0 Å². The van der Waals surface area contributed by atoms with Crippen molar-refractivity contribution in [1.82, 2.24) is 4.57 Å². The molecule has 1 nitrogen and oxygen atoms in total. The van der Waals surface area contributed by atoms with Crippen LogP contribution in [0.4, 0.5) is 0 Å². The largest absolute Gasteiger partial charge is 0.309 e. The molecule has 1 aromatic heterocycles. The summed E-state index contributed by atoms with van der Waals surface area (Å²) in [6.45, 7) is 13.3. The molecule has 0 amide bonds. The molecule has 0 spiro atoms. The summed E-state index contributed by atoms with van der Waals surface area (Å²) in [6.07, 6.45) is 14.0.